The van der Waals surface area contributed by atoms with Gasteiger partial charge in [-0.15, -0.1) is 0 Å². The van der Waals surface area contributed by atoms with Crippen LogP contribution in [0.4, 0.5) is 5.69 Å². The lowest BCUT2D eigenvalue weighted by Gasteiger charge is -2.37. The Kier molecular flexibility index (Phi) is 3.72. The fraction of sp³-hybridized carbons (Fsp3) is 0.500. The van der Waals surface area contributed by atoms with Gasteiger partial charge in [-0.1, -0.05) is 22.8 Å². The SMILES string of the molecule is NC(=NO)c1c(Cl)cccc1N1CCN(C2CC2)CC1. The second-order valence-corrected chi connectivity index (χ2v) is 5.78. The maximum Gasteiger partial charge on any atom is 0.173 e. The Balaban J connectivity index is 1.81. The molecule has 3 N–H and O–H groups in total. The minimum absolute atomic E-state index is 0.0650. The van der Waals surface area contributed by atoms with E-state index in [9.17, 15) is 0 Å². The first-order chi connectivity index (χ1) is 9.70. The first kappa shape index (κ1) is 13.5. The van der Waals surface area contributed by atoms with Crippen LogP contribution in [0.3, 0.4) is 0 Å². The zero-order valence-electron chi connectivity index (χ0n) is 11.3. The Morgan fingerprint density at radius 3 is 2.55 bits per heavy atom. The van der Waals surface area contributed by atoms with Gasteiger partial charge in [-0.2, -0.15) is 0 Å². The molecule has 1 aromatic rings. The summed E-state index contributed by atoms with van der Waals surface area (Å²) in [6.07, 6.45) is 2.68. The number of amidine groups is 1. The van der Waals surface area contributed by atoms with Crippen molar-refractivity contribution in [3.05, 3.63) is 28.8 Å². The maximum absolute atomic E-state index is 8.94. The van der Waals surface area contributed by atoms with Crippen LogP contribution in [0.2, 0.25) is 5.02 Å². The number of nitrogens with zero attached hydrogens (tertiary/aromatic N) is 3. The fourth-order valence-corrected chi connectivity index (χ4v) is 3.11. The molecule has 0 amide bonds. The van der Waals surface area contributed by atoms with Crippen LogP contribution < -0.4 is 10.6 Å². The lowest BCUT2D eigenvalue weighted by molar-refractivity contribution is 0.248. The third-order valence-electron chi connectivity index (χ3n) is 4.07. The number of anilines is 1. The van der Waals surface area contributed by atoms with E-state index in [0.717, 1.165) is 37.9 Å². The first-order valence-electron chi connectivity index (χ1n) is 6.96. The van der Waals surface area contributed by atoms with Crippen molar-refractivity contribution in [2.75, 3.05) is 31.1 Å². The summed E-state index contributed by atoms with van der Waals surface area (Å²) >= 11 is 6.20. The van der Waals surface area contributed by atoms with Crippen molar-refractivity contribution < 1.29 is 5.21 Å². The molecule has 1 saturated carbocycles. The van der Waals surface area contributed by atoms with Crippen molar-refractivity contribution in [2.45, 2.75) is 18.9 Å². The Labute approximate surface area is 123 Å². The Bertz CT molecular complexity index is 522. The van der Waals surface area contributed by atoms with Crippen molar-refractivity contribution in [2.24, 2.45) is 10.9 Å². The molecule has 0 aromatic heterocycles. The second kappa shape index (κ2) is 5.50. The summed E-state index contributed by atoms with van der Waals surface area (Å²) in [5.41, 5.74) is 7.34. The van der Waals surface area contributed by atoms with Gasteiger partial charge in [0.15, 0.2) is 5.84 Å². The Hall–Kier alpha value is -1.46. The van der Waals surface area contributed by atoms with Crippen molar-refractivity contribution >= 4 is 23.1 Å². The quantitative estimate of drug-likeness (QED) is 0.386. The van der Waals surface area contributed by atoms with Crippen LogP contribution in [-0.4, -0.2) is 48.2 Å². The van der Waals surface area contributed by atoms with Crippen LogP contribution in [0, 0.1) is 0 Å². The van der Waals surface area contributed by atoms with Crippen LogP contribution in [-0.2, 0) is 0 Å². The third-order valence-corrected chi connectivity index (χ3v) is 4.39. The molecule has 1 aromatic carbocycles. The number of halogens is 1. The third kappa shape index (κ3) is 2.55. The molecule has 1 aliphatic carbocycles. The Morgan fingerprint density at radius 2 is 1.95 bits per heavy atom. The Morgan fingerprint density at radius 1 is 1.25 bits per heavy atom. The van der Waals surface area contributed by atoms with E-state index in [2.05, 4.69) is 15.0 Å². The molecule has 2 aliphatic rings. The predicted octanol–water partition coefficient (Wildman–Crippen LogP) is 1.72. The molecule has 3 rings (SSSR count). The van der Waals surface area contributed by atoms with Gasteiger partial charge in [0.1, 0.15) is 0 Å². The zero-order valence-corrected chi connectivity index (χ0v) is 12.1. The molecular weight excluding hydrogens is 276 g/mol. The second-order valence-electron chi connectivity index (χ2n) is 5.37. The number of nitrogens with two attached hydrogens (primary N) is 1. The topological polar surface area (TPSA) is 65.1 Å². The van der Waals surface area contributed by atoms with Gasteiger partial charge in [0.2, 0.25) is 0 Å². The summed E-state index contributed by atoms with van der Waals surface area (Å²) in [6.45, 7) is 4.02. The molecule has 1 saturated heterocycles. The molecule has 20 heavy (non-hydrogen) atoms. The van der Waals surface area contributed by atoms with Crippen molar-refractivity contribution in [1.29, 1.82) is 0 Å². The highest BCUT2D eigenvalue weighted by molar-refractivity contribution is 6.34. The van der Waals surface area contributed by atoms with Gasteiger partial charge in [-0.3, -0.25) is 4.90 Å². The smallest absolute Gasteiger partial charge is 0.173 e. The summed E-state index contributed by atoms with van der Waals surface area (Å²) in [6, 6.07) is 6.45. The highest BCUT2D eigenvalue weighted by Gasteiger charge is 2.31. The number of hydrogen-bond donors (Lipinski definition) is 2. The summed E-state index contributed by atoms with van der Waals surface area (Å²) in [7, 11) is 0. The van der Waals surface area contributed by atoms with E-state index in [0.29, 0.717) is 10.6 Å². The minimum Gasteiger partial charge on any atom is -0.409 e. The lowest BCUT2D eigenvalue weighted by atomic mass is 10.1. The fourth-order valence-electron chi connectivity index (χ4n) is 2.85. The molecule has 2 fully saturated rings. The molecule has 0 radical (unpaired) electrons. The monoisotopic (exact) mass is 294 g/mol. The lowest BCUT2D eigenvalue weighted by Crippen LogP contribution is -2.47. The van der Waals surface area contributed by atoms with E-state index < -0.39 is 0 Å². The highest BCUT2D eigenvalue weighted by atomic mass is 35.5. The van der Waals surface area contributed by atoms with Gasteiger partial charge in [-0.05, 0) is 25.0 Å². The van der Waals surface area contributed by atoms with Crippen LogP contribution in [0.15, 0.2) is 23.4 Å². The van der Waals surface area contributed by atoms with Crippen LogP contribution in [0.1, 0.15) is 18.4 Å². The van der Waals surface area contributed by atoms with Gasteiger partial charge in [-0.25, -0.2) is 0 Å². The average molecular weight is 295 g/mol. The van der Waals surface area contributed by atoms with Crippen molar-refractivity contribution in [1.82, 2.24) is 4.90 Å². The van der Waals surface area contributed by atoms with Gasteiger partial charge in [0.05, 0.1) is 10.6 Å². The molecule has 5 nitrogen and oxygen atoms in total. The summed E-state index contributed by atoms with van der Waals surface area (Å²) in [5.74, 6) is 0.0650. The predicted molar refractivity (Wildman–Crippen MR) is 80.8 cm³/mol. The zero-order chi connectivity index (χ0) is 14.1. The molecule has 1 aliphatic heterocycles. The van der Waals surface area contributed by atoms with Crippen LogP contribution in [0.25, 0.3) is 0 Å². The van der Waals surface area contributed by atoms with Crippen LogP contribution >= 0.6 is 11.6 Å². The number of piperazine rings is 1. The highest BCUT2D eigenvalue weighted by Crippen LogP contribution is 2.31. The number of hydrogen-bond acceptors (Lipinski definition) is 4. The normalized spacial score (nSPS) is 21.2. The molecule has 1 heterocycles. The van der Waals surface area contributed by atoms with E-state index in [1.54, 1.807) is 6.07 Å². The average Bonchev–Trinajstić information content (AvgIpc) is 3.31. The summed E-state index contributed by atoms with van der Waals surface area (Å²) < 4.78 is 0. The van der Waals surface area contributed by atoms with Crippen LogP contribution in [0.5, 0.6) is 0 Å². The summed E-state index contributed by atoms with van der Waals surface area (Å²) in [4.78, 5) is 4.81. The molecule has 0 bridgehead atoms. The molecule has 0 spiro atoms. The van der Waals surface area contributed by atoms with Crippen molar-refractivity contribution in [3.63, 3.8) is 0 Å². The van der Waals surface area contributed by atoms with Gasteiger partial charge in [0, 0.05) is 37.9 Å². The maximum atomic E-state index is 8.94. The van der Waals surface area contributed by atoms with E-state index >= 15 is 0 Å². The standard InChI is InChI=1S/C14H19ClN4O/c15-11-2-1-3-12(13(11)14(16)17-20)19-8-6-18(7-9-19)10-4-5-10/h1-3,10,20H,4-9H2,(H2,16,17). The molecule has 0 unspecified atom stereocenters. The van der Waals surface area contributed by atoms with E-state index in [-0.39, 0.29) is 5.84 Å². The van der Waals surface area contributed by atoms with E-state index in [4.69, 9.17) is 22.5 Å². The largest absolute Gasteiger partial charge is 0.409 e. The number of benzene rings is 1. The molecule has 6 heteroatoms. The minimum atomic E-state index is 0.0650. The number of oxime groups is 1. The molecule has 0 atom stereocenters. The summed E-state index contributed by atoms with van der Waals surface area (Å²) in [5, 5.41) is 12.6. The van der Waals surface area contributed by atoms with E-state index in [1.807, 2.05) is 12.1 Å². The molecule has 108 valence electrons. The number of rotatable bonds is 3. The van der Waals surface area contributed by atoms with Gasteiger partial charge < -0.3 is 15.8 Å². The van der Waals surface area contributed by atoms with Crippen molar-refractivity contribution in [3.8, 4) is 0 Å². The molecular formula is C14H19ClN4O. The van der Waals surface area contributed by atoms with E-state index in [1.165, 1.54) is 12.8 Å². The van der Waals surface area contributed by atoms with Gasteiger partial charge in [0.25, 0.3) is 0 Å². The first-order valence-corrected chi connectivity index (χ1v) is 7.34. The van der Waals surface area contributed by atoms with Gasteiger partial charge >= 0.3 is 0 Å².